The second kappa shape index (κ2) is 11.0. The number of likely N-dealkylation sites (tertiary alicyclic amines) is 1. The predicted molar refractivity (Wildman–Crippen MR) is 126 cm³/mol. The number of anilines is 2. The van der Waals surface area contributed by atoms with Gasteiger partial charge >= 0.3 is 0 Å². The molecule has 2 saturated heterocycles. The summed E-state index contributed by atoms with van der Waals surface area (Å²) in [4.78, 5) is 39.2. The molecule has 3 amide bonds. The lowest BCUT2D eigenvalue weighted by molar-refractivity contribution is -0.114. The first kappa shape index (κ1) is 22.8. The van der Waals surface area contributed by atoms with E-state index in [1.54, 1.807) is 48.5 Å². The van der Waals surface area contributed by atoms with E-state index in [2.05, 4.69) is 16.0 Å². The predicted octanol–water partition coefficient (Wildman–Crippen LogP) is 2.88. The van der Waals surface area contributed by atoms with Gasteiger partial charge in [-0.2, -0.15) is 0 Å². The van der Waals surface area contributed by atoms with Crippen molar-refractivity contribution >= 4 is 29.1 Å². The zero-order valence-corrected chi connectivity index (χ0v) is 18.6. The van der Waals surface area contributed by atoms with E-state index < -0.39 is 0 Å². The van der Waals surface area contributed by atoms with Crippen LogP contribution < -0.4 is 16.0 Å². The van der Waals surface area contributed by atoms with Gasteiger partial charge in [-0.25, -0.2) is 0 Å². The number of carbonyl (C=O) groups excluding carboxylic acids is 3. The Morgan fingerprint density at radius 1 is 0.939 bits per heavy atom. The van der Waals surface area contributed by atoms with Crippen LogP contribution in [0.3, 0.4) is 0 Å². The van der Waals surface area contributed by atoms with Crippen LogP contribution in [-0.2, 0) is 9.53 Å². The Bertz CT molecular complexity index is 997. The second-order valence-electron chi connectivity index (χ2n) is 8.41. The Hall–Kier alpha value is -3.39. The van der Waals surface area contributed by atoms with Crippen LogP contribution in [0.1, 0.15) is 46.4 Å². The molecule has 2 heterocycles. The highest BCUT2D eigenvalue weighted by Gasteiger charge is 2.20. The standard InChI is InChI=1S/C25H30N4O4/c30-23(28-21-9-4-7-19(15-21)25(32)29-11-1-2-12-29)17-26-20-8-3-6-18(14-20)24(31)27-16-22-10-5-13-33-22/h3-4,6-9,14-15,22,26H,1-2,5,10-13,16-17H2,(H,27,31)(H,28,30). The van der Waals surface area contributed by atoms with E-state index in [1.807, 2.05) is 4.90 Å². The molecule has 4 rings (SSSR count). The molecule has 2 fully saturated rings. The number of rotatable bonds is 8. The Labute approximate surface area is 193 Å². The fraction of sp³-hybridized carbons (Fsp3) is 0.400. The van der Waals surface area contributed by atoms with E-state index in [-0.39, 0.29) is 30.4 Å². The fourth-order valence-corrected chi connectivity index (χ4v) is 4.10. The van der Waals surface area contributed by atoms with E-state index in [0.717, 1.165) is 45.4 Å². The van der Waals surface area contributed by atoms with Crippen LogP contribution >= 0.6 is 0 Å². The zero-order valence-electron chi connectivity index (χ0n) is 18.6. The molecular formula is C25H30N4O4. The number of carbonyl (C=O) groups is 3. The Morgan fingerprint density at radius 2 is 1.67 bits per heavy atom. The first-order valence-corrected chi connectivity index (χ1v) is 11.5. The van der Waals surface area contributed by atoms with Gasteiger partial charge in [0.2, 0.25) is 5.91 Å². The van der Waals surface area contributed by atoms with Gasteiger partial charge in [-0.15, -0.1) is 0 Å². The Balaban J connectivity index is 1.27. The number of amides is 3. The van der Waals surface area contributed by atoms with Crippen LogP contribution in [0.2, 0.25) is 0 Å². The third-order valence-corrected chi connectivity index (χ3v) is 5.88. The van der Waals surface area contributed by atoms with Crippen LogP contribution in [0.4, 0.5) is 11.4 Å². The first-order chi connectivity index (χ1) is 16.1. The zero-order chi connectivity index (χ0) is 23.0. The lowest BCUT2D eigenvalue weighted by Gasteiger charge is -2.16. The van der Waals surface area contributed by atoms with Crippen molar-refractivity contribution in [3.05, 3.63) is 59.7 Å². The van der Waals surface area contributed by atoms with Gasteiger partial charge < -0.3 is 25.6 Å². The summed E-state index contributed by atoms with van der Waals surface area (Å²) < 4.78 is 5.53. The van der Waals surface area contributed by atoms with Gasteiger partial charge in [0.15, 0.2) is 0 Å². The molecule has 0 bridgehead atoms. The van der Waals surface area contributed by atoms with Crippen molar-refractivity contribution in [1.82, 2.24) is 10.2 Å². The van der Waals surface area contributed by atoms with Crippen molar-refractivity contribution in [3.8, 4) is 0 Å². The summed E-state index contributed by atoms with van der Waals surface area (Å²) in [6.07, 6.45) is 4.15. The third-order valence-electron chi connectivity index (χ3n) is 5.88. The maximum atomic E-state index is 12.6. The van der Waals surface area contributed by atoms with E-state index >= 15 is 0 Å². The van der Waals surface area contributed by atoms with Gasteiger partial charge in [0.05, 0.1) is 12.6 Å². The molecule has 2 aliphatic heterocycles. The molecule has 33 heavy (non-hydrogen) atoms. The van der Waals surface area contributed by atoms with Crippen LogP contribution in [0.5, 0.6) is 0 Å². The lowest BCUT2D eigenvalue weighted by Crippen LogP contribution is -2.31. The third kappa shape index (κ3) is 6.32. The minimum Gasteiger partial charge on any atom is -0.376 e. The summed E-state index contributed by atoms with van der Waals surface area (Å²) in [5.74, 6) is -0.414. The van der Waals surface area contributed by atoms with Crippen molar-refractivity contribution in [2.45, 2.75) is 31.8 Å². The van der Waals surface area contributed by atoms with E-state index in [1.165, 1.54) is 0 Å². The smallest absolute Gasteiger partial charge is 0.253 e. The molecule has 0 saturated carbocycles. The van der Waals surface area contributed by atoms with Crippen molar-refractivity contribution in [3.63, 3.8) is 0 Å². The monoisotopic (exact) mass is 450 g/mol. The number of hydrogen-bond donors (Lipinski definition) is 3. The van der Waals surface area contributed by atoms with Gasteiger partial charge in [0, 0.05) is 48.7 Å². The molecule has 0 radical (unpaired) electrons. The SMILES string of the molecule is O=C(CNc1cccc(C(=O)NCC2CCCO2)c1)Nc1cccc(C(=O)N2CCCC2)c1. The largest absolute Gasteiger partial charge is 0.376 e. The summed E-state index contributed by atoms with van der Waals surface area (Å²) >= 11 is 0. The highest BCUT2D eigenvalue weighted by Crippen LogP contribution is 2.17. The van der Waals surface area contributed by atoms with Crippen LogP contribution in [0.15, 0.2) is 48.5 Å². The molecule has 1 unspecified atom stereocenters. The molecule has 2 aromatic rings. The van der Waals surface area contributed by atoms with Gasteiger partial charge in [-0.05, 0) is 62.1 Å². The fourth-order valence-electron chi connectivity index (χ4n) is 4.10. The van der Waals surface area contributed by atoms with Crippen molar-refractivity contribution in [2.75, 3.05) is 43.4 Å². The number of nitrogens with zero attached hydrogens (tertiary/aromatic N) is 1. The van der Waals surface area contributed by atoms with E-state index in [0.29, 0.717) is 29.0 Å². The number of benzene rings is 2. The number of ether oxygens (including phenoxy) is 1. The number of nitrogens with one attached hydrogen (secondary N) is 3. The molecule has 0 aliphatic carbocycles. The summed E-state index contributed by atoms with van der Waals surface area (Å²) in [5.41, 5.74) is 2.35. The molecule has 2 aromatic carbocycles. The topological polar surface area (TPSA) is 99.8 Å². The van der Waals surface area contributed by atoms with Crippen LogP contribution in [0.25, 0.3) is 0 Å². The molecule has 8 nitrogen and oxygen atoms in total. The lowest BCUT2D eigenvalue weighted by atomic mass is 10.1. The Kier molecular flexibility index (Phi) is 7.57. The second-order valence-corrected chi connectivity index (χ2v) is 8.41. The van der Waals surface area contributed by atoms with E-state index in [4.69, 9.17) is 4.74 Å². The molecule has 174 valence electrons. The van der Waals surface area contributed by atoms with Gasteiger partial charge in [0.1, 0.15) is 0 Å². The quantitative estimate of drug-likeness (QED) is 0.574. The summed E-state index contributed by atoms with van der Waals surface area (Å²) in [6.45, 7) is 2.85. The Morgan fingerprint density at radius 3 is 2.42 bits per heavy atom. The van der Waals surface area contributed by atoms with Gasteiger partial charge in [-0.3, -0.25) is 14.4 Å². The van der Waals surface area contributed by atoms with Crippen molar-refractivity contribution in [2.24, 2.45) is 0 Å². The summed E-state index contributed by atoms with van der Waals surface area (Å²) in [5, 5.41) is 8.77. The number of hydrogen-bond acceptors (Lipinski definition) is 5. The van der Waals surface area contributed by atoms with E-state index in [9.17, 15) is 14.4 Å². The molecule has 8 heteroatoms. The molecule has 0 aromatic heterocycles. The first-order valence-electron chi connectivity index (χ1n) is 11.5. The maximum absolute atomic E-state index is 12.6. The van der Waals surface area contributed by atoms with Crippen molar-refractivity contribution in [1.29, 1.82) is 0 Å². The molecular weight excluding hydrogens is 420 g/mol. The van der Waals surface area contributed by atoms with Gasteiger partial charge in [-0.1, -0.05) is 12.1 Å². The normalized spacial score (nSPS) is 17.6. The molecule has 1 atom stereocenters. The van der Waals surface area contributed by atoms with Crippen molar-refractivity contribution < 1.29 is 19.1 Å². The maximum Gasteiger partial charge on any atom is 0.253 e. The average Bonchev–Trinajstić information content (AvgIpc) is 3.56. The van der Waals surface area contributed by atoms with Crippen LogP contribution in [-0.4, -0.2) is 61.5 Å². The highest BCUT2D eigenvalue weighted by molar-refractivity contribution is 5.98. The summed E-state index contributed by atoms with van der Waals surface area (Å²) in [6, 6.07) is 14.0. The summed E-state index contributed by atoms with van der Waals surface area (Å²) in [7, 11) is 0. The minimum atomic E-state index is -0.242. The molecule has 3 N–H and O–H groups in total. The van der Waals surface area contributed by atoms with Gasteiger partial charge in [0.25, 0.3) is 11.8 Å². The minimum absolute atomic E-state index is 0.00342. The average molecular weight is 451 g/mol. The molecule has 2 aliphatic rings. The van der Waals surface area contributed by atoms with Crippen LogP contribution in [0, 0.1) is 0 Å². The highest BCUT2D eigenvalue weighted by atomic mass is 16.5. The molecule has 0 spiro atoms.